The van der Waals surface area contributed by atoms with Crippen LogP contribution in [-0.2, 0) is 0 Å². The van der Waals surface area contributed by atoms with Crippen molar-refractivity contribution in [1.82, 2.24) is 4.90 Å². The standard InChI is InChI=1S/C12H16Cl2N2/c13-10-5-9(6-11(14)7-10)12(8-15)16-3-1-2-4-16/h5-7,12H,1-4,8,15H2. The van der Waals surface area contributed by atoms with E-state index in [4.69, 9.17) is 28.9 Å². The molecule has 16 heavy (non-hydrogen) atoms. The second-order valence-corrected chi connectivity index (χ2v) is 5.07. The summed E-state index contributed by atoms with van der Waals surface area (Å²) < 4.78 is 0. The molecular weight excluding hydrogens is 243 g/mol. The van der Waals surface area contributed by atoms with Crippen molar-refractivity contribution in [2.24, 2.45) is 5.73 Å². The van der Waals surface area contributed by atoms with Crippen LogP contribution in [0.3, 0.4) is 0 Å². The fourth-order valence-electron chi connectivity index (χ4n) is 2.32. The number of nitrogens with zero attached hydrogens (tertiary/aromatic N) is 1. The Morgan fingerprint density at radius 1 is 1.12 bits per heavy atom. The van der Waals surface area contributed by atoms with Gasteiger partial charge in [-0.2, -0.15) is 0 Å². The lowest BCUT2D eigenvalue weighted by Gasteiger charge is -2.26. The van der Waals surface area contributed by atoms with Gasteiger partial charge in [0.05, 0.1) is 0 Å². The van der Waals surface area contributed by atoms with Crippen molar-refractivity contribution in [3.05, 3.63) is 33.8 Å². The maximum atomic E-state index is 6.01. The lowest BCUT2D eigenvalue weighted by atomic mass is 10.1. The minimum atomic E-state index is 0.249. The summed E-state index contributed by atoms with van der Waals surface area (Å²) in [7, 11) is 0. The van der Waals surface area contributed by atoms with Gasteiger partial charge in [-0.25, -0.2) is 0 Å². The SMILES string of the molecule is NCC(c1cc(Cl)cc(Cl)c1)N1CCCC1. The van der Waals surface area contributed by atoms with Crippen molar-refractivity contribution in [2.45, 2.75) is 18.9 Å². The molecule has 2 rings (SSSR count). The van der Waals surface area contributed by atoms with Crippen molar-refractivity contribution >= 4 is 23.2 Å². The van der Waals surface area contributed by atoms with E-state index in [0.29, 0.717) is 16.6 Å². The zero-order valence-electron chi connectivity index (χ0n) is 9.13. The van der Waals surface area contributed by atoms with Gasteiger partial charge in [-0.3, -0.25) is 4.90 Å². The quantitative estimate of drug-likeness (QED) is 0.903. The molecule has 1 fully saturated rings. The Labute approximate surface area is 106 Å². The summed E-state index contributed by atoms with van der Waals surface area (Å²) >= 11 is 12.0. The van der Waals surface area contributed by atoms with E-state index in [2.05, 4.69) is 4.90 Å². The first kappa shape index (κ1) is 12.2. The average molecular weight is 259 g/mol. The molecule has 1 aromatic carbocycles. The van der Waals surface area contributed by atoms with Gasteiger partial charge in [-0.05, 0) is 49.7 Å². The highest BCUT2D eigenvalue weighted by Crippen LogP contribution is 2.28. The van der Waals surface area contributed by atoms with Crippen molar-refractivity contribution in [3.63, 3.8) is 0 Å². The van der Waals surface area contributed by atoms with E-state index in [0.717, 1.165) is 18.7 Å². The topological polar surface area (TPSA) is 29.3 Å². The van der Waals surface area contributed by atoms with E-state index in [-0.39, 0.29) is 6.04 Å². The van der Waals surface area contributed by atoms with Crippen LogP contribution in [0.5, 0.6) is 0 Å². The number of halogens is 2. The first-order valence-electron chi connectivity index (χ1n) is 5.61. The Balaban J connectivity index is 2.24. The molecule has 0 radical (unpaired) electrons. The highest BCUT2D eigenvalue weighted by molar-refractivity contribution is 6.34. The molecule has 0 spiro atoms. The van der Waals surface area contributed by atoms with E-state index in [1.807, 2.05) is 12.1 Å². The highest BCUT2D eigenvalue weighted by atomic mass is 35.5. The molecule has 1 saturated heterocycles. The normalized spacial score (nSPS) is 18.9. The molecule has 1 atom stereocenters. The van der Waals surface area contributed by atoms with Gasteiger partial charge in [-0.1, -0.05) is 23.2 Å². The van der Waals surface area contributed by atoms with Gasteiger partial charge in [0.25, 0.3) is 0 Å². The summed E-state index contributed by atoms with van der Waals surface area (Å²) in [4.78, 5) is 2.40. The summed E-state index contributed by atoms with van der Waals surface area (Å²) in [5.41, 5.74) is 6.98. The molecule has 4 heteroatoms. The summed E-state index contributed by atoms with van der Waals surface area (Å²) in [6.07, 6.45) is 2.51. The molecule has 88 valence electrons. The Hall–Kier alpha value is -0.280. The maximum absolute atomic E-state index is 6.01. The van der Waals surface area contributed by atoms with Crippen molar-refractivity contribution < 1.29 is 0 Å². The Kier molecular flexibility index (Phi) is 4.09. The smallest absolute Gasteiger partial charge is 0.0471 e. The van der Waals surface area contributed by atoms with Crippen LogP contribution in [0.15, 0.2) is 18.2 Å². The van der Waals surface area contributed by atoms with Gasteiger partial charge in [0.15, 0.2) is 0 Å². The second kappa shape index (κ2) is 5.37. The summed E-state index contributed by atoms with van der Waals surface area (Å²) in [6.45, 7) is 2.84. The van der Waals surface area contributed by atoms with Crippen LogP contribution in [0, 0.1) is 0 Å². The molecule has 2 N–H and O–H groups in total. The van der Waals surface area contributed by atoms with E-state index >= 15 is 0 Å². The molecule has 0 amide bonds. The molecule has 1 heterocycles. The van der Waals surface area contributed by atoms with Gasteiger partial charge in [-0.15, -0.1) is 0 Å². The molecule has 1 unspecified atom stereocenters. The fourth-order valence-corrected chi connectivity index (χ4v) is 2.86. The summed E-state index contributed by atoms with van der Waals surface area (Å²) in [5.74, 6) is 0. The third-order valence-corrected chi connectivity index (χ3v) is 3.51. The van der Waals surface area contributed by atoms with Crippen molar-refractivity contribution in [2.75, 3.05) is 19.6 Å². The van der Waals surface area contributed by atoms with Crippen molar-refractivity contribution in [1.29, 1.82) is 0 Å². The number of hydrogen-bond donors (Lipinski definition) is 1. The van der Waals surface area contributed by atoms with Crippen LogP contribution in [0.4, 0.5) is 0 Å². The number of hydrogen-bond acceptors (Lipinski definition) is 2. The summed E-state index contributed by atoms with van der Waals surface area (Å²) in [6, 6.07) is 5.93. The molecular formula is C12H16Cl2N2. The maximum Gasteiger partial charge on any atom is 0.0471 e. The minimum absolute atomic E-state index is 0.249. The van der Waals surface area contributed by atoms with Crippen LogP contribution in [-0.4, -0.2) is 24.5 Å². The molecule has 1 aliphatic heterocycles. The number of benzene rings is 1. The Bertz CT molecular complexity index is 342. The van der Waals surface area contributed by atoms with Gasteiger partial charge in [0.2, 0.25) is 0 Å². The third kappa shape index (κ3) is 2.69. The minimum Gasteiger partial charge on any atom is -0.329 e. The lowest BCUT2D eigenvalue weighted by molar-refractivity contribution is 0.251. The Morgan fingerprint density at radius 3 is 2.19 bits per heavy atom. The molecule has 1 aromatic rings. The zero-order valence-corrected chi connectivity index (χ0v) is 10.6. The number of likely N-dealkylation sites (tertiary alicyclic amines) is 1. The third-order valence-electron chi connectivity index (χ3n) is 3.07. The lowest BCUT2D eigenvalue weighted by Crippen LogP contribution is -2.31. The predicted molar refractivity (Wildman–Crippen MR) is 69.1 cm³/mol. The van der Waals surface area contributed by atoms with Crippen LogP contribution in [0.2, 0.25) is 10.0 Å². The first-order chi connectivity index (χ1) is 7.70. The van der Waals surface area contributed by atoms with E-state index in [1.165, 1.54) is 12.8 Å². The fraction of sp³-hybridized carbons (Fsp3) is 0.500. The second-order valence-electron chi connectivity index (χ2n) is 4.20. The van der Waals surface area contributed by atoms with Gasteiger partial charge in [0.1, 0.15) is 0 Å². The van der Waals surface area contributed by atoms with Gasteiger partial charge in [0, 0.05) is 22.6 Å². The van der Waals surface area contributed by atoms with Crippen LogP contribution in [0.1, 0.15) is 24.4 Å². The van der Waals surface area contributed by atoms with Crippen LogP contribution in [0.25, 0.3) is 0 Å². The zero-order chi connectivity index (χ0) is 11.5. The molecule has 2 nitrogen and oxygen atoms in total. The largest absolute Gasteiger partial charge is 0.329 e. The van der Waals surface area contributed by atoms with Crippen LogP contribution < -0.4 is 5.73 Å². The van der Waals surface area contributed by atoms with Crippen LogP contribution >= 0.6 is 23.2 Å². The average Bonchev–Trinajstić information content (AvgIpc) is 2.70. The summed E-state index contributed by atoms with van der Waals surface area (Å²) in [5, 5.41) is 1.36. The number of rotatable bonds is 3. The predicted octanol–water partition coefficient (Wildman–Crippen LogP) is 3.09. The molecule has 1 aliphatic rings. The molecule has 0 saturated carbocycles. The molecule has 0 aliphatic carbocycles. The Morgan fingerprint density at radius 2 is 1.69 bits per heavy atom. The van der Waals surface area contributed by atoms with Gasteiger partial charge >= 0.3 is 0 Å². The van der Waals surface area contributed by atoms with E-state index in [1.54, 1.807) is 6.07 Å². The molecule has 0 bridgehead atoms. The van der Waals surface area contributed by atoms with E-state index < -0.39 is 0 Å². The monoisotopic (exact) mass is 258 g/mol. The van der Waals surface area contributed by atoms with E-state index in [9.17, 15) is 0 Å². The highest BCUT2D eigenvalue weighted by Gasteiger charge is 2.22. The number of nitrogens with two attached hydrogens (primary N) is 1. The first-order valence-corrected chi connectivity index (χ1v) is 6.36. The van der Waals surface area contributed by atoms with Gasteiger partial charge < -0.3 is 5.73 Å². The van der Waals surface area contributed by atoms with Crippen molar-refractivity contribution in [3.8, 4) is 0 Å². The molecule has 0 aromatic heterocycles.